The lowest BCUT2D eigenvalue weighted by molar-refractivity contribution is 0.278. The van der Waals surface area contributed by atoms with E-state index in [1.54, 1.807) is 0 Å². The molecule has 0 aliphatic carbocycles. The van der Waals surface area contributed by atoms with Crippen LogP contribution in [-0.4, -0.2) is 14.9 Å². The van der Waals surface area contributed by atoms with Gasteiger partial charge >= 0.3 is 0 Å². The zero-order valence-corrected chi connectivity index (χ0v) is 17.5. The van der Waals surface area contributed by atoms with Gasteiger partial charge in [-0.25, -0.2) is 0 Å². The molecule has 0 spiro atoms. The summed E-state index contributed by atoms with van der Waals surface area (Å²) in [6.07, 6.45) is 3.21. The molecule has 122 valence electrons. The predicted octanol–water partition coefficient (Wildman–Crippen LogP) is 6.38. The Morgan fingerprint density at radius 2 is 1.82 bits per heavy atom. The molecule has 0 bridgehead atoms. The van der Waals surface area contributed by atoms with Gasteiger partial charge in [-0.15, -0.1) is 0 Å². The molecule has 0 fully saturated rings. The third-order valence-electron chi connectivity index (χ3n) is 4.67. The minimum Gasteiger partial charge on any atom is -0.460 e. The van der Waals surface area contributed by atoms with E-state index in [-0.39, 0.29) is 0 Å². The molecule has 1 heterocycles. The van der Waals surface area contributed by atoms with Crippen molar-refractivity contribution < 1.29 is 8.84 Å². The number of hydrogen-bond acceptors (Lipinski definition) is 2. The monoisotopic (exact) mass is 430 g/mol. The van der Waals surface area contributed by atoms with Crippen molar-refractivity contribution in [3.8, 4) is 0 Å². The Morgan fingerprint density at radius 1 is 1.14 bits per heavy atom. The number of aryl methyl sites for hydroxylation is 1. The number of furan rings is 1. The van der Waals surface area contributed by atoms with Gasteiger partial charge in [-0.1, -0.05) is 39.0 Å². The highest BCUT2D eigenvalue weighted by Crippen LogP contribution is 2.36. The topological polar surface area (TPSA) is 22.4 Å². The molecule has 0 N–H and O–H groups in total. The molecule has 0 aliphatic rings. The number of benzene rings is 1. The molecule has 2 nitrogen and oxygen atoms in total. The Morgan fingerprint density at radius 3 is 2.45 bits per heavy atom. The normalized spacial score (nSPS) is 13.0. The quantitative estimate of drug-likeness (QED) is 0.301. The van der Waals surface area contributed by atoms with E-state index in [4.69, 9.17) is 8.84 Å². The first-order chi connectivity index (χ1) is 10.2. The van der Waals surface area contributed by atoms with Gasteiger partial charge in [-0.05, 0) is 59.6 Å². The molecule has 0 radical (unpaired) electrons. The summed E-state index contributed by atoms with van der Waals surface area (Å²) in [5, 5.41) is 1.52. The highest BCUT2D eigenvalue weighted by atomic mass is 127. The van der Waals surface area contributed by atoms with Crippen LogP contribution in [-0.2, 0) is 10.8 Å². The third-order valence-corrected chi connectivity index (χ3v) is 10.4. The number of rotatable bonds is 6. The summed E-state index contributed by atoms with van der Waals surface area (Å²) in [5.41, 5.74) is 0.999. The molecule has 0 atom stereocenters. The second-order valence-electron chi connectivity index (χ2n) is 7.40. The van der Waals surface area contributed by atoms with Crippen LogP contribution < -0.4 is 0 Å². The zero-order chi connectivity index (χ0) is 16.4. The summed E-state index contributed by atoms with van der Waals surface area (Å²) in [7, 11) is -1.60. The fourth-order valence-electron chi connectivity index (χ4n) is 2.16. The van der Waals surface area contributed by atoms with Crippen LogP contribution in [0.5, 0.6) is 0 Å². The molecule has 1 aromatic carbocycles. The van der Waals surface area contributed by atoms with Crippen molar-refractivity contribution >= 4 is 41.9 Å². The van der Waals surface area contributed by atoms with Gasteiger partial charge in [0.2, 0.25) is 0 Å². The Hall–Kier alpha value is -0.333. The van der Waals surface area contributed by atoms with Crippen molar-refractivity contribution in [2.45, 2.75) is 58.2 Å². The van der Waals surface area contributed by atoms with Crippen molar-refractivity contribution in [2.24, 2.45) is 0 Å². The first-order valence-corrected chi connectivity index (χ1v) is 12.0. The highest BCUT2D eigenvalue weighted by molar-refractivity contribution is 14.1. The van der Waals surface area contributed by atoms with Crippen LogP contribution in [0, 0.1) is 3.57 Å². The molecule has 0 unspecified atom stereocenters. The number of fused-ring (bicyclic) bond motifs is 1. The van der Waals surface area contributed by atoms with Crippen molar-refractivity contribution in [2.75, 3.05) is 6.61 Å². The average molecular weight is 430 g/mol. The van der Waals surface area contributed by atoms with Crippen LogP contribution in [0.1, 0.15) is 39.4 Å². The smallest absolute Gasteiger partial charge is 0.191 e. The largest absolute Gasteiger partial charge is 0.460 e. The van der Waals surface area contributed by atoms with Gasteiger partial charge in [0.25, 0.3) is 0 Å². The van der Waals surface area contributed by atoms with Crippen LogP contribution in [0.3, 0.4) is 0 Å². The van der Waals surface area contributed by atoms with Crippen LogP contribution in [0.25, 0.3) is 11.0 Å². The Balaban J connectivity index is 1.83. The lowest BCUT2D eigenvalue weighted by atomic mass is 10.2. The van der Waals surface area contributed by atoms with Crippen molar-refractivity contribution in [1.29, 1.82) is 0 Å². The summed E-state index contributed by atoms with van der Waals surface area (Å²) in [6.45, 7) is 12.4. The third kappa shape index (κ3) is 4.14. The number of halogens is 1. The second-order valence-corrected chi connectivity index (χ2v) is 13.3. The molecule has 0 saturated carbocycles. The van der Waals surface area contributed by atoms with E-state index in [0.717, 1.165) is 37.2 Å². The molecule has 2 rings (SSSR count). The van der Waals surface area contributed by atoms with Crippen molar-refractivity contribution in [1.82, 2.24) is 0 Å². The van der Waals surface area contributed by atoms with Crippen molar-refractivity contribution in [3.05, 3.63) is 33.6 Å². The van der Waals surface area contributed by atoms with Gasteiger partial charge < -0.3 is 8.84 Å². The van der Waals surface area contributed by atoms with Crippen LogP contribution in [0.4, 0.5) is 0 Å². The molecule has 1 aromatic heterocycles. The van der Waals surface area contributed by atoms with Gasteiger partial charge in [0, 0.05) is 18.4 Å². The summed E-state index contributed by atoms with van der Waals surface area (Å²) in [4.78, 5) is 0. The minimum absolute atomic E-state index is 0.293. The number of hydrogen-bond donors (Lipinski definition) is 0. The summed E-state index contributed by atoms with van der Waals surface area (Å²) < 4.78 is 13.5. The summed E-state index contributed by atoms with van der Waals surface area (Å²) >= 11 is 2.40. The number of unbranched alkanes of at least 4 members (excludes halogenated alkanes) is 1. The lowest BCUT2D eigenvalue weighted by Gasteiger charge is -2.36. The molecule has 4 heteroatoms. The molecular formula is C18H27IO2Si. The van der Waals surface area contributed by atoms with Crippen LogP contribution in [0.15, 0.2) is 28.7 Å². The maximum absolute atomic E-state index is 6.23. The van der Waals surface area contributed by atoms with Gasteiger partial charge in [0.05, 0.1) is 3.57 Å². The second kappa shape index (κ2) is 7.05. The predicted molar refractivity (Wildman–Crippen MR) is 105 cm³/mol. The molecule has 0 aliphatic heterocycles. The fourth-order valence-corrected chi connectivity index (χ4v) is 4.07. The van der Waals surface area contributed by atoms with E-state index >= 15 is 0 Å². The van der Waals surface area contributed by atoms with Crippen molar-refractivity contribution in [3.63, 3.8) is 0 Å². The summed E-state index contributed by atoms with van der Waals surface area (Å²) in [6, 6.07) is 8.27. The van der Waals surface area contributed by atoms with E-state index < -0.39 is 8.32 Å². The maximum atomic E-state index is 6.23. The molecule has 22 heavy (non-hydrogen) atoms. The van der Waals surface area contributed by atoms with Crippen LogP contribution in [0.2, 0.25) is 18.1 Å². The number of para-hydroxylation sites is 1. The standard InChI is InChI=1S/C18H27IO2Si/c1-18(2,3)22(4,5)20-13-9-8-12-16-17(19)14-10-6-7-11-15(14)21-16/h6-7,10-11H,8-9,12-13H2,1-5H3. The maximum Gasteiger partial charge on any atom is 0.191 e. The van der Waals surface area contributed by atoms with Gasteiger partial charge in [0.1, 0.15) is 11.3 Å². The SMILES string of the molecule is CC(C)(C)[Si](C)(C)OCCCCc1oc2ccccc2c1I. The van der Waals surface area contributed by atoms with E-state index in [9.17, 15) is 0 Å². The van der Waals surface area contributed by atoms with Gasteiger partial charge in [0.15, 0.2) is 8.32 Å². The molecule has 0 amide bonds. The minimum atomic E-state index is -1.60. The molecule has 0 saturated heterocycles. The Labute approximate surface area is 148 Å². The molecule has 2 aromatic rings. The summed E-state index contributed by atoms with van der Waals surface area (Å²) in [5.74, 6) is 1.12. The highest BCUT2D eigenvalue weighted by Gasteiger charge is 2.36. The van der Waals surface area contributed by atoms with E-state index in [2.05, 4.69) is 68.6 Å². The van der Waals surface area contributed by atoms with Gasteiger partial charge in [-0.3, -0.25) is 0 Å². The van der Waals surface area contributed by atoms with Crippen LogP contribution >= 0.6 is 22.6 Å². The zero-order valence-electron chi connectivity index (χ0n) is 14.3. The molecular weight excluding hydrogens is 403 g/mol. The Bertz CT molecular complexity index is 626. The van der Waals surface area contributed by atoms with E-state index in [1.165, 1.54) is 8.96 Å². The lowest BCUT2D eigenvalue weighted by Crippen LogP contribution is -2.40. The Kier molecular flexibility index (Phi) is 5.77. The van der Waals surface area contributed by atoms with E-state index in [1.807, 2.05) is 12.1 Å². The van der Waals surface area contributed by atoms with Gasteiger partial charge in [-0.2, -0.15) is 0 Å². The fraction of sp³-hybridized carbons (Fsp3) is 0.556. The van der Waals surface area contributed by atoms with E-state index in [0.29, 0.717) is 5.04 Å². The first kappa shape index (κ1) is 18.0. The first-order valence-electron chi connectivity index (χ1n) is 8.02. The average Bonchev–Trinajstić information content (AvgIpc) is 2.74.